The van der Waals surface area contributed by atoms with E-state index in [0.29, 0.717) is 32.0 Å². The van der Waals surface area contributed by atoms with E-state index < -0.39 is 0 Å². The van der Waals surface area contributed by atoms with Gasteiger partial charge in [0.2, 0.25) is 0 Å². The first-order chi connectivity index (χ1) is 14.6. The first kappa shape index (κ1) is 28.9. The van der Waals surface area contributed by atoms with Crippen molar-refractivity contribution < 1.29 is 19.1 Å². The van der Waals surface area contributed by atoms with Crippen LogP contribution in [0.2, 0.25) is 0 Å². The topological polar surface area (TPSA) is 52.6 Å². The van der Waals surface area contributed by atoms with Crippen molar-refractivity contribution in [3.8, 4) is 0 Å². The summed E-state index contributed by atoms with van der Waals surface area (Å²) < 4.78 is 10.6. The molecule has 0 radical (unpaired) electrons. The number of carbonyl (C=O) groups is 2. The zero-order chi connectivity index (χ0) is 22.3. The molecule has 0 saturated heterocycles. The summed E-state index contributed by atoms with van der Waals surface area (Å²) in [5.41, 5.74) is 0. The Hall–Kier alpha value is -1.06. The van der Waals surface area contributed by atoms with Crippen molar-refractivity contribution in [2.45, 2.75) is 136 Å². The van der Waals surface area contributed by atoms with Gasteiger partial charge in [-0.05, 0) is 25.2 Å². The van der Waals surface area contributed by atoms with E-state index in [2.05, 4.69) is 20.8 Å². The second-order valence-corrected chi connectivity index (χ2v) is 8.87. The molecule has 4 heteroatoms. The summed E-state index contributed by atoms with van der Waals surface area (Å²) in [7, 11) is 0. The van der Waals surface area contributed by atoms with E-state index >= 15 is 0 Å². The Labute approximate surface area is 186 Å². The summed E-state index contributed by atoms with van der Waals surface area (Å²) in [4.78, 5) is 23.4. The SMILES string of the molecule is CCCCCCCCCCCOC(=O)CCCCCCCCC(=O)OCC(C)CC. The third-order valence-corrected chi connectivity index (χ3v) is 5.75. The predicted octanol–water partition coefficient (Wildman–Crippen LogP) is 7.77. The van der Waals surface area contributed by atoms with E-state index in [1.54, 1.807) is 0 Å². The van der Waals surface area contributed by atoms with Crippen LogP contribution in [0.1, 0.15) is 136 Å². The lowest BCUT2D eigenvalue weighted by Gasteiger charge is -2.09. The summed E-state index contributed by atoms with van der Waals surface area (Å²) in [6.07, 6.45) is 19.8. The number of hydrogen-bond donors (Lipinski definition) is 0. The molecule has 0 aliphatic carbocycles. The maximum atomic E-state index is 11.7. The predicted molar refractivity (Wildman–Crippen MR) is 126 cm³/mol. The molecule has 4 nitrogen and oxygen atoms in total. The number of carbonyl (C=O) groups excluding carboxylic acids is 2. The molecule has 0 bridgehead atoms. The van der Waals surface area contributed by atoms with Crippen molar-refractivity contribution in [1.82, 2.24) is 0 Å². The highest BCUT2D eigenvalue weighted by atomic mass is 16.5. The van der Waals surface area contributed by atoms with Gasteiger partial charge < -0.3 is 9.47 Å². The Balaban J connectivity index is 3.27. The van der Waals surface area contributed by atoms with E-state index in [1.807, 2.05) is 0 Å². The normalized spacial score (nSPS) is 12.0. The third kappa shape index (κ3) is 21.6. The molecule has 30 heavy (non-hydrogen) atoms. The van der Waals surface area contributed by atoms with Crippen LogP contribution in [-0.2, 0) is 19.1 Å². The fraction of sp³-hybridized carbons (Fsp3) is 0.923. The van der Waals surface area contributed by atoms with Gasteiger partial charge >= 0.3 is 11.9 Å². The maximum absolute atomic E-state index is 11.7. The fourth-order valence-corrected chi connectivity index (χ4v) is 3.34. The van der Waals surface area contributed by atoms with Crippen LogP contribution in [-0.4, -0.2) is 25.2 Å². The second-order valence-electron chi connectivity index (χ2n) is 8.87. The van der Waals surface area contributed by atoms with Crippen LogP contribution < -0.4 is 0 Å². The van der Waals surface area contributed by atoms with Crippen LogP contribution >= 0.6 is 0 Å². The molecular formula is C26H50O4. The number of esters is 2. The van der Waals surface area contributed by atoms with E-state index in [1.165, 1.54) is 51.4 Å². The zero-order valence-electron chi connectivity index (χ0n) is 20.4. The molecule has 0 aliphatic rings. The van der Waals surface area contributed by atoms with Crippen LogP contribution in [0, 0.1) is 5.92 Å². The van der Waals surface area contributed by atoms with E-state index in [9.17, 15) is 9.59 Å². The van der Waals surface area contributed by atoms with Crippen LogP contribution in [0.3, 0.4) is 0 Å². The van der Waals surface area contributed by atoms with Gasteiger partial charge in [-0.1, -0.05) is 104 Å². The average molecular weight is 427 g/mol. The smallest absolute Gasteiger partial charge is 0.305 e. The van der Waals surface area contributed by atoms with Crippen molar-refractivity contribution in [3.63, 3.8) is 0 Å². The Bertz CT molecular complexity index is 394. The average Bonchev–Trinajstić information content (AvgIpc) is 2.75. The fourth-order valence-electron chi connectivity index (χ4n) is 3.34. The highest BCUT2D eigenvalue weighted by Crippen LogP contribution is 2.12. The lowest BCUT2D eigenvalue weighted by molar-refractivity contribution is -0.145. The van der Waals surface area contributed by atoms with Crippen LogP contribution in [0.5, 0.6) is 0 Å². The Morgan fingerprint density at radius 2 is 1.03 bits per heavy atom. The Kier molecular flexibility index (Phi) is 21.8. The summed E-state index contributed by atoms with van der Waals surface area (Å²) >= 11 is 0. The maximum Gasteiger partial charge on any atom is 0.305 e. The highest BCUT2D eigenvalue weighted by molar-refractivity contribution is 5.69. The highest BCUT2D eigenvalue weighted by Gasteiger charge is 2.06. The molecule has 0 amide bonds. The molecule has 1 unspecified atom stereocenters. The van der Waals surface area contributed by atoms with Gasteiger partial charge in [-0.3, -0.25) is 9.59 Å². The van der Waals surface area contributed by atoms with Crippen molar-refractivity contribution in [1.29, 1.82) is 0 Å². The van der Waals surface area contributed by atoms with Gasteiger partial charge in [-0.25, -0.2) is 0 Å². The first-order valence-electron chi connectivity index (χ1n) is 12.9. The lowest BCUT2D eigenvalue weighted by atomic mass is 10.1. The van der Waals surface area contributed by atoms with E-state index in [4.69, 9.17) is 9.47 Å². The van der Waals surface area contributed by atoms with Crippen molar-refractivity contribution in [3.05, 3.63) is 0 Å². The first-order valence-corrected chi connectivity index (χ1v) is 12.9. The van der Waals surface area contributed by atoms with E-state index in [0.717, 1.165) is 51.4 Å². The second kappa shape index (κ2) is 22.6. The van der Waals surface area contributed by atoms with Gasteiger partial charge in [0.05, 0.1) is 13.2 Å². The minimum Gasteiger partial charge on any atom is -0.466 e. The van der Waals surface area contributed by atoms with Gasteiger partial charge in [0.1, 0.15) is 0 Å². The van der Waals surface area contributed by atoms with Gasteiger partial charge in [0.25, 0.3) is 0 Å². The van der Waals surface area contributed by atoms with Crippen LogP contribution in [0.15, 0.2) is 0 Å². The molecule has 0 aliphatic heterocycles. The minimum absolute atomic E-state index is 0.0429. The van der Waals surface area contributed by atoms with Gasteiger partial charge in [0, 0.05) is 12.8 Å². The van der Waals surface area contributed by atoms with Crippen molar-refractivity contribution in [2.75, 3.05) is 13.2 Å². The number of unbranched alkanes of at least 4 members (excludes halogenated alkanes) is 13. The molecule has 0 aromatic rings. The molecular weight excluding hydrogens is 376 g/mol. The molecule has 0 heterocycles. The zero-order valence-corrected chi connectivity index (χ0v) is 20.4. The summed E-state index contributed by atoms with van der Waals surface area (Å²) in [5.74, 6) is 0.342. The molecule has 178 valence electrons. The molecule has 0 aromatic carbocycles. The van der Waals surface area contributed by atoms with Gasteiger partial charge in [-0.15, -0.1) is 0 Å². The molecule has 0 aromatic heterocycles. The lowest BCUT2D eigenvalue weighted by Crippen LogP contribution is -2.11. The van der Waals surface area contributed by atoms with Gasteiger partial charge in [-0.2, -0.15) is 0 Å². The quantitative estimate of drug-likeness (QED) is 0.131. The number of ether oxygens (including phenoxy) is 2. The van der Waals surface area contributed by atoms with Gasteiger partial charge in [0.15, 0.2) is 0 Å². The largest absolute Gasteiger partial charge is 0.466 e. The molecule has 0 N–H and O–H groups in total. The Morgan fingerprint density at radius 3 is 1.53 bits per heavy atom. The van der Waals surface area contributed by atoms with Crippen LogP contribution in [0.4, 0.5) is 0 Å². The van der Waals surface area contributed by atoms with E-state index in [-0.39, 0.29) is 11.9 Å². The van der Waals surface area contributed by atoms with Crippen molar-refractivity contribution in [2.24, 2.45) is 5.92 Å². The summed E-state index contributed by atoms with van der Waals surface area (Å²) in [6.45, 7) is 7.59. The molecule has 0 rings (SSSR count). The molecule has 0 fully saturated rings. The minimum atomic E-state index is -0.0648. The standard InChI is InChI=1S/C26H50O4/c1-4-6-7-8-9-10-13-16-19-22-29-25(27)20-17-14-11-12-15-18-21-26(28)30-23-24(3)5-2/h24H,4-23H2,1-3H3. The van der Waals surface area contributed by atoms with Crippen molar-refractivity contribution >= 4 is 11.9 Å². The number of rotatable bonds is 22. The Morgan fingerprint density at radius 1 is 0.600 bits per heavy atom. The molecule has 0 saturated carbocycles. The summed E-state index contributed by atoms with van der Waals surface area (Å²) in [6, 6.07) is 0. The third-order valence-electron chi connectivity index (χ3n) is 5.75. The molecule has 0 spiro atoms. The monoisotopic (exact) mass is 426 g/mol. The number of hydrogen-bond acceptors (Lipinski definition) is 4. The summed E-state index contributed by atoms with van der Waals surface area (Å²) in [5, 5.41) is 0. The van der Waals surface area contributed by atoms with Crippen LogP contribution in [0.25, 0.3) is 0 Å². The molecule has 1 atom stereocenters.